The fourth-order valence-electron chi connectivity index (χ4n) is 3.83. The molecule has 1 aromatic heterocycles. The van der Waals surface area contributed by atoms with Gasteiger partial charge in [-0.15, -0.1) is 0 Å². The Morgan fingerprint density at radius 3 is 2.26 bits per heavy atom. The number of aliphatic hydroxyl groups excluding tert-OH is 1. The molecule has 0 bridgehead atoms. The molecule has 1 atom stereocenters. The van der Waals surface area contributed by atoms with E-state index in [9.17, 15) is 14.7 Å². The second kappa shape index (κ2) is 14.6. The summed E-state index contributed by atoms with van der Waals surface area (Å²) in [7, 11) is 0. The van der Waals surface area contributed by atoms with Crippen LogP contribution in [0.25, 0.3) is 10.9 Å². The number of hydrogen-bond acceptors (Lipinski definition) is 5. The summed E-state index contributed by atoms with van der Waals surface area (Å²) in [6.07, 6.45) is 3.56. The van der Waals surface area contributed by atoms with Gasteiger partial charge in [-0.1, -0.05) is 65.0 Å². The van der Waals surface area contributed by atoms with Crippen molar-refractivity contribution in [2.24, 2.45) is 5.41 Å². The van der Waals surface area contributed by atoms with Crippen molar-refractivity contribution in [3.8, 4) is 0 Å². The van der Waals surface area contributed by atoms with Crippen LogP contribution >= 0.6 is 12.6 Å². The molecule has 8 heteroatoms. The lowest BCUT2D eigenvalue weighted by Crippen LogP contribution is -2.38. The zero-order valence-corrected chi connectivity index (χ0v) is 22.4. The third kappa shape index (κ3) is 7.10. The van der Waals surface area contributed by atoms with E-state index in [1.165, 1.54) is 0 Å². The van der Waals surface area contributed by atoms with Gasteiger partial charge in [-0.05, 0) is 42.0 Å². The number of carbonyl (C=O) groups excluding carboxylic acids is 2. The number of carbonyl (C=O) groups is 2. The first kappa shape index (κ1) is 30.2. The summed E-state index contributed by atoms with van der Waals surface area (Å²) in [6.45, 7) is 9.73. The van der Waals surface area contributed by atoms with Gasteiger partial charge in [-0.25, -0.2) is 5.48 Å². The summed E-state index contributed by atoms with van der Waals surface area (Å²) in [5, 5.41) is 19.5. The molecular weight excluding hydrogens is 462 g/mol. The molecular formula is C27H39N3O4S. The third-order valence-corrected chi connectivity index (χ3v) is 6.08. The first-order valence-electron chi connectivity index (χ1n) is 11.7. The van der Waals surface area contributed by atoms with E-state index in [-0.39, 0.29) is 31.5 Å². The van der Waals surface area contributed by atoms with Crippen molar-refractivity contribution in [2.45, 2.75) is 47.1 Å². The molecule has 0 fully saturated rings. The van der Waals surface area contributed by atoms with Crippen LogP contribution < -0.4 is 10.4 Å². The Bertz CT molecular complexity index is 1070. The molecule has 1 unspecified atom stereocenters. The van der Waals surface area contributed by atoms with Crippen molar-refractivity contribution in [3.05, 3.63) is 66.4 Å². The van der Waals surface area contributed by atoms with Gasteiger partial charge in [0.15, 0.2) is 0 Å². The highest BCUT2D eigenvalue weighted by Gasteiger charge is 2.35. The normalized spacial score (nSPS) is 11.5. The highest BCUT2D eigenvalue weighted by atomic mass is 32.1. The van der Waals surface area contributed by atoms with Gasteiger partial charge in [-0.2, -0.15) is 12.6 Å². The second-order valence-electron chi connectivity index (χ2n) is 8.21. The molecule has 35 heavy (non-hydrogen) atoms. The van der Waals surface area contributed by atoms with Gasteiger partial charge < -0.3 is 14.6 Å². The maximum atomic E-state index is 13.1. The summed E-state index contributed by atoms with van der Waals surface area (Å²) in [6, 6.07) is 17.0. The summed E-state index contributed by atoms with van der Waals surface area (Å²) in [5.74, 6) is -0.754. The van der Waals surface area contributed by atoms with Crippen molar-refractivity contribution < 1.29 is 19.9 Å². The van der Waals surface area contributed by atoms with Crippen LogP contribution in [0.3, 0.4) is 0 Å². The molecule has 0 aliphatic rings. The van der Waals surface area contributed by atoms with Crippen LogP contribution in [0.15, 0.2) is 60.8 Å². The van der Waals surface area contributed by atoms with Crippen LogP contribution in [0.4, 0.5) is 5.69 Å². The average Bonchev–Trinajstić information content (AvgIpc) is 3.31. The minimum absolute atomic E-state index is 0.122. The number of anilines is 1. The Morgan fingerprint density at radius 1 is 1.06 bits per heavy atom. The Hall–Kier alpha value is -2.81. The standard InChI is InChI=1S/C24H29N3O4.C2H6.CH4S/c1-17(24(2,3)23(30)25-31)19-10-7-11-21-20(19)12-13-26(21)16-22(29)27(14-15-28)18-8-5-4-6-9-18;2*1-2/h4-13,17,28,31H,14-16H2,1-3H3,(H,25,30);1-2H3;2H,1H3. The topological polar surface area (TPSA) is 94.8 Å². The highest BCUT2D eigenvalue weighted by molar-refractivity contribution is 7.79. The van der Waals surface area contributed by atoms with Crippen LogP contribution in [-0.2, 0) is 16.1 Å². The van der Waals surface area contributed by atoms with E-state index in [4.69, 9.17) is 5.21 Å². The Morgan fingerprint density at radius 2 is 1.69 bits per heavy atom. The molecule has 192 valence electrons. The van der Waals surface area contributed by atoms with E-state index in [1.807, 2.05) is 86.1 Å². The van der Waals surface area contributed by atoms with Crippen molar-refractivity contribution in [2.75, 3.05) is 24.3 Å². The molecule has 3 aromatic rings. The molecule has 0 aliphatic carbocycles. The second-order valence-corrected chi connectivity index (χ2v) is 8.21. The SMILES string of the molecule is CC.CC(c1cccc2c1ccn2CC(=O)N(CCO)c1ccccc1)C(C)(C)C(=O)NO.CS. The summed E-state index contributed by atoms with van der Waals surface area (Å²) in [5.41, 5.74) is 3.52. The molecule has 2 amide bonds. The Balaban J connectivity index is 0.00000145. The van der Waals surface area contributed by atoms with Crippen LogP contribution in [0.1, 0.15) is 46.1 Å². The smallest absolute Gasteiger partial charge is 0.249 e. The Labute approximate surface area is 214 Å². The lowest BCUT2D eigenvalue weighted by Gasteiger charge is -2.30. The fraction of sp³-hybridized carbons (Fsp3) is 0.407. The predicted octanol–water partition coefficient (Wildman–Crippen LogP) is 4.87. The molecule has 3 N–H and O–H groups in total. The van der Waals surface area contributed by atoms with E-state index in [0.29, 0.717) is 0 Å². The number of rotatable bonds is 8. The quantitative estimate of drug-likeness (QED) is 0.201. The summed E-state index contributed by atoms with van der Waals surface area (Å²) < 4.78 is 1.88. The number of hydroxylamine groups is 1. The Kier molecular flexibility index (Phi) is 12.6. The number of nitrogens with zero attached hydrogens (tertiary/aromatic N) is 2. The molecule has 3 rings (SSSR count). The zero-order valence-electron chi connectivity index (χ0n) is 21.5. The fourth-order valence-corrected chi connectivity index (χ4v) is 3.83. The molecule has 1 heterocycles. The number of aliphatic hydroxyl groups is 1. The number of hydrogen-bond donors (Lipinski definition) is 4. The molecule has 0 saturated carbocycles. The maximum Gasteiger partial charge on any atom is 0.249 e. The summed E-state index contributed by atoms with van der Waals surface area (Å²) >= 11 is 3.53. The molecule has 0 radical (unpaired) electrons. The van der Waals surface area contributed by atoms with Gasteiger partial charge in [0.2, 0.25) is 11.8 Å². The van der Waals surface area contributed by atoms with E-state index in [1.54, 1.807) is 30.5 Å². The van der Waals surface area contributed by atoms with Crippen molar-refractivity contribution >= 4 is 41.0 Å². The average molecular weight is 502 g/mol. The number of benzene rings is 2. The lowest BCUT2D eigenvalue weighted by atomic mass is 9.74. The van der Waals surface area contributed by atoms with E-state index >= 15 is 0 Å². The van der Waals surface area contributed by atoms with Crippen molar-refractivity contribution in [3.63, 3.8) is 0 Å². The lowest BCUT2D eigenvalue weighted by molar-refractivity contribution is -0.139. The van der Waals surface area contributed by atoms with Gasteiger partial charge >= 0.3 is 0 Å². The molecule has 7 nitrogen and oxygen atoms in total. The van der Waals surface area contributed by atoms with Crippen LogP contribution in [0.5, 0.6) is 0 Å². The molecule has 2 aromatic carbocycles. The number of fused-ring (bicyclic) bond motifs is 1. The van der Waals surface area contributed by atoms with Crippen LogP contribution in [0, 0.1) is 5.41 Å². The monoisotopic (exact) mass is 501 g/mol. The zero-order chi connectivity index (χ0) is 26.6. The largest absolute Gasteiger partial charge is 0.395 e. The third-order valence-electron chi connectivity index (χ3n) is 6.08. The number of amides is 2. The first-order valence-corrected chi connectivity index (χ1v) is 12.6. The van der Waals surface area contributed by atoms with Crippen molar-refractivity contribution in [1.29, 1.82) is 0 Å². The van der Waals surface area contributed by atoms with Gasteiger partial charge in [-0.3, -0.25) is 14.8 Å². The van der Waals surface area contributed by atoms with Gasteiger partial charge in [0.1, 0.15) is 6.54 Å². The molecule has 0 spiro atoms. The molecule has 0 aliphatic heterocycles. The van der Waals surface area contributed by atoms with Crippen LogP contribution in [0.2, 0.25) is 0 Å². The number of thiol groups is 1. The van der Waals surface area contributed by atoms with E-state index in [2.05, 4.69) is 12.6 Å². The van der Waals surface area contributed by atoms with Gasteiger partial charge in [0.05, 0.1) is 12.0 Å². The van der Waals surface area contributed by atoms with E-state index < -0.39 is 11.3 Å². The number of nitrogens with one attached hydrogen (secondary N) is 1. The van der Waals surface area contributed by atoms with Gasteiger partial charge in [0.25, 0.3) is 0 Å². The predicted molar refractivity (Wildman–Crippen MR) is 146 cm³/mol. The minimum Gasteiger partial charge on any atom is -0.395 e. The van der Waals surface area contributed by atoms with Crippen LogP contribution in [-0.4, -0.2) is 46.1 Å². The summed E-state index contributed by atoms with van der Waals surface area (Å²) in [4.78, 5) is 26.8. The first-order chi connectivity index (χ1) is 16.8. The van der Waals surface area contributed by atoms with E-state index in [0.717, 1.165) is 22.2 Å². The molecule has 0 saturated heterocycles. The minimum atomic E-state index is -0.827. The number of para-hydroxylation sites is 1. The van der Waals surface area contributed by atoms with Gasteiger partial charge in [0, 0.05) is 29.3 Å². The highest BCUT2D eigenvalue weighted by Crippen LogP contribution is 2.38. The maximum absolute atomic E-state index is 13.1. The number of aromatic nitrogens is 1. The van der Waals surface area contributed by atoms with Crippen molar-refractivity contribution in [1.82, 2.24) is 10.0 Å².